The molecule has 184 valence electrons. The molecule has 1 heterocycles. The molecule has 0 aliphatic carbocycles. The van der Waals surface area contributed by atoms with Gasteiger partial charge in [0.05, 0.1) is 13.7 Å². The Morgan fingerprint density at radius 1 is 1.00 bits per heavy atom. The van der Waals surface area contributed by atoms with Gasteiger partial charge in [-0.3, -0.25) is 4.79 Å². The van der Waals surface area contributed by atoms with E-state index in [9.17, 15) is 10.1 Å². The van der Waals surface area contributed by atoms with E-state index < -0.39 is 5.91 Å². The number of amides is 1. The minimum Gasteiger partial charge on any atom is -0.497 e. The van der Waals surface area contributed by atoms with Crippen LogP contribution in [0.3, 0.4) is 0 Å². The molecule has 0 radical (unpaired) electrons. The highest BCUT2D eigenvalue weighted by Crippen LogP contribution is 2.34. The van der Waals surface area contributed by atoms with Crippen LogP contribution in [0, 0.1) is 11.3 Å². The molecule has 1 N–H and O–H groups in total. The van der Waals surface area contributed by atoms with Gasteiger partial charge in [0, 0.05) is 6.54 Å². The van der Waals surface area contributed by atoms with Crippen LogP contribution in [0.2, 0.25) is 0 Å². The van der Waals surface area contributed by atoms with Gasteiger partial charge in [-0.1, -0.05) is 24.3 Å². The molecule has 36 heavy (non-hydrogen) atoms. The lowest BCUT2D eigenvalue weighted by Gasteiger charge is -2.13. The third-order valence-corrected chi connectivity index (χ3v) is 5.39. The zero-order chi connectivity index (χ0) is 25.3. The molecule has 4 rings (SSSR count). The normalized spacial score (nSPS) is 12.0. The van der Waals surface area contributed by atoms with Crippen LogP contribution in [0.4, 0.5) is 0 Å². The average Bonchev–Trinajstić information content (AvgIpc) is 3.38. The number of nitrogens with zero attached hydrogens (tertiary/aromatic N) is 1. The Morgan fingerprint density at radius 2 is 1.78 bits per heavy atom. The number of ether oxygens (including phenoxy) is 5. The van der Waals surface area contributed by atoms with Crippen molar-refractivity contribution in [3.63, 3.8) is 0 Å². The molecule has 1 amide bonds. The fourth-order valence-electron chi connectivity index (χ4n) is 3.53. The Labute approximate surface area is 209 Å². The van der Waals surface area contributed by atoms with Crippen LogP contribution in [-0.2, 0) is 17.9 Å². The van der Waals surface area contributed by atoms with Crippen LogP contribution in [0.15, 0.2) is 66.2 Å². The molecule has 0 unspecified atom stereocenters. The first kappa shape index (κ1) is 24.5. The van der Waals surface area contributed by atoms with Crippen LogP contribution < -0.4 is 29.0 Å². The minimum absolute atomic E-state index is 0.0139. The van der Waals surface area contributed by atoms with Crippen molar-refractivity contribution in [1.82, 2.24) is 5.32 Å². The third kappa shape index (κ3) is 6.07. The van der Waals surface area contributed by atoms with Gasteiger partial charge in [-0.05, 0) is 66.1 Å². The number of nitriles is 1. The maximum absolute atomic E-state index is 12.6. The second-order valence-corrected chi connectivity index (χ2v) is 7.82. The molecule has 0 bridgehead atoms. The summed E-state index contributed by atoms with van der Waals surface area (Å²) in [7, 11) is 1.59. The van der Waals surface area contributed by atoms with Gasteiger partial charge in [0.2, 0.25) is 6.79 Å². The minimum atomic E-state index is -0.464. The molecular formula is C28H26N2O6. The third-order valence-electron chi connectivity index (χ3n) is 5.39. The summed E-state index contributed by atoms with van der Waals surface area (Å²) in [6, 6.07) is 20.2. The SMILES string of the molecule is CCOc1cc(/C=C(/C#N)C(=O)NCc2ccc(OC)cc2)ccc1OCc1ccc2c(c1)OCO2. The van der Waals surface area contributed by atoms with Gasteiger partial charge in [-0.15, -0.1) is 0 Å². The van der Waals surface area contributed by atoms with Crippen molar-refractivity contribution < 1.29 is 28.5 Å². The van der Waals surface area contributed by atoms with Crippen molar-refractivity contribution in [2.24, 2.45) is 0 Å². The Balaban J connectivity index is 1.43. The van der Waals surface area contributed by atoms with Crippen LogP contribution in [-0.4, -0.2) is 26.4 Å². The van der Waals surface area contributed by atoms with Crippen molar-refractivity contribution in [2.75, 3.05) is 20.5 Å². The Bertz CT molecular complexity index is 1290. The first-order valence-electron chi connectivity index (χ1n) is 11.4. The largest absolute Gasteiger partial charge is 0.497 e. The maximum Gasteiger partial charge on any atom is 0.262 e. The summed E-state index contributed by atoms with van der Waals surface area (Å²) in [6.45, 7) is 3.12. The highest BCUT2D eigenvalue weighted by molar-refractivity contribution is 6.01. The van der Waals surface area contributed by atoms with E-state index in [1.54, 1.807) is 25.3 Å². The summed E-state index contributed by atoms with van der Waals surface area (Å²) in [5.41, 5.74) is 2.44. The summed E-state index contributed by atoms with van der Waals surface area (Å²) in [5, 5.41) is 12.3. The van der Waals surface area contributed by atoms with Crippen LogP contribution >= 0.6 is 0 Å². The van der Waals surface area contributed by atoms with Crippen LogP contribution in [0.25, 0.3) is 6.08 Å². The number of hydrogen-bond donors (Lipinski definition) is 1. The summed E-state index contributed by atoms with van der Waals surface area (Å²) in [4.78, 5) is 12.6. The summed E-state index contributed by atoms with van der Waals surface area (Å²) >= 11 is 0. The molecule has 0 aromatic heterocycles. The van der Waals surface area contributed by atoms with Gasteiger partial charge in [-0.2, -0.15) is 5.26 Å². The number of carbonyl (C=O) groups is 1. The first-order valence-corrected chi connectivity index (χ1v) is 11.4. The Morgan fingerprint density at radius 3 is 2.53 bits per heavy atom. The quantitative estimate of drug-likeness (QED) is 0.330. The van der Waals surface area contributed by atoms with E-state index in [0.29, 0.717) is 48.3 Å². The second-order valence-electron chi connectivity index (χ2n) is 7.82. The summed E-state index contributed by atoms with van der Waals surface area (Å²) in [6.07, 6.45) is 1.52. The standard InChI is InChI=1S/C28H26N2O6/c1-3-33-26-13-20(6-10-24(26)34-17-21-7-11-25-27(14-21)36-18-35-25)12-22(15-29)28(31)30-16-19-4-8-23(32-2)9-5-19/h4-14H,3,16-18H2,1-2H3,(H,30,31)/b22-12-. The van der Waals surface area contributed by atoms with Crippen molar-refractivity contribution in [3.8, 4) is 34.8 Å². The van der Waals surface area contributed by atoms with E-state index >= 15 is 0 Å². The van der Waals surface area contributed by atoms with Gasteiger partial charge in [0.15, 0.2) is 23.0 Å². The van der Waals surface area contributed by atoms with Gasteiger partial charge >= 0.3 is 0 Å². The summed E-state index contributed by atoms with van der Waals surface area (Å²) in [5.74, 6) is 2.74. The molecule has 0 fully saturated rings. The van der Waals surface area contributed by atoms with Crippen molar-refractivity contribution in [3.05, 3.63) is 82.9 Å². The fourth-order valence-corrected chi connectivity index (χ4v) is 3.53. The van der Waals surface area contributed by atoms with E-state index in [2.05, 4.69) is 5.32 Å². The predicted octanol–water partition coefficient (Wildman–Crippen LogP) is 4.62. The number of benzene rings is 3. The molecule has 8 nitrogen and oxygen atoms in total. The molecule has 1 aliphatic heterocycles. The average molecular weight is 487 g/mol. The predicted molar refractivity (Wildman–Crippen MR) is 133 cm³/mol. The monoisotopic (exact) mass is 486 g/mol. The van der Waals surface area contributed by atoms with Crippen LogP contribution in [0.5, 0.6) is 28.7 Å². The second kappa shape index (κ2) is 11.7. The highest BCUT2D eigenvalue weighted by Gasteiger charge is 2.15. The van der Waals surface area contributed by atoms with E-state index in [1.165, 1.54) is 6.08 Å². The molecule has 0 spiro atoms. The lowest BCUT2D eigenvalue weighted by Crippen LogP contribution is -2.23. The van der Waals surface area contributed by atoms with E-state index in [-0.39, 0.29) is 12.4 Å². The molecule has 0 saturated heterocycles. The number of nitrogens with one attached hydrogen (secondary N) is 1. The highest BCUT2D eigenvalue weighted by atomic mass is 16.7. The molecule has 1 aliphatic rings. The molecule has 8 heteroatoms. The lowest BCUT2D eigenvalue weighted by atomic mass is 10.1. The molecule has 3 aromatic carbocycles. The molecular weight excluding hydrogens is 460 g/mol. The Kier molecular flexibility index (Phi) is 7.94. The number of rotatable bonds is 10. The van der Waals surface area contributed by atoms with E-state index in [4.69, 9.17) is 23.7 Å². The number of fused-ring (bicyclic) bond motifs is 1. The molecule has 0 atom stereocenters. The van der Waals surface area contributed by atoms with Crippen LogP contribution in [0.1, 0.15) is 23.6 Å². The maximum atomic E-state index is 12.6. The topological polar surface area (TPSA) is 99.0 Å². The lowest BCUT2D eigenvalue weighted by molar-refractivity contribution is -0.117. The zero-order valence-electron chi connectivity index (χ0n) is 20.1. The number of methoxy groups -OCH3 is 1. The van der Waals surface area contributed by atoms with Crippen molar-refractivity contribution in [1.29, 1.82) is 5.26 Å². The molecule has 3 aromatic rings. The van der Waals surface area contributed by atoms with E-state index in [0.717, 1.165) is 16.9 Å². The van der Waals surface area contributed by atoms with Gasteiger partial charge in [0.1, 0.15) is 24.0 Å². The Hall–Kier alpha value is -4.64. The van der Waals surface area contributed by atoms with E-state index in [1.807, 2.05) is 55.5 Å². The zero-order valence-corrected chi connectivity index (χ0v) is 20.1. The number of hydrogen-bond acceptors (Lipinski definition) is 7. The van der Waals surface area contributed by atoms with Gasteiger partial charge in [-0.25, -0.2) is 0 Å². The number of carbonyl (C=O) groups excluding carboxylic acids is 1. The van der Waals surface area contributed by atoms with Gasteiger partial charge in [0.25, 0.3) is 5.91 Å². The first-order chi connectivity index (χ1) is 17.6. The smallest absolute Gasteiger partial charge is 0.262 e. The molecule has 0 saturated carbocycles. The summed E-state index contributed by atoms with van der Waals surface area (Å²) < 4.78 is 27.6. The van der Waals surface area contributed by atoms with Crippen molar-refractivity contribution >= 4 is 12.0 Å². The van der Waals surface area contributed by atoms with Crippen molar-refractivity contribution in [2.45, 2.75) is 20.1 Å². The fraction of sp³-hybridized carbons (Fsp3) is 0.214. The van der Waals surface area contributed by atoms with Gasteiger partial charge < -0.3 is 29.0 Å².